The molecule has 1 aliphatic rings. The van der Waals surface area contributed by atoms with E-state index in [1.54, 1.807) is 17.1 Å². The zero-order valence-electron chi connectivity index (χ0n) is 17.7. The largest absolute Gasteiger partial charge is 0.326 e. The van der Waals surface area contributed by atoms with Gasteiger partial charge in [0.05, 0.1) is 5.69 Å². The Morgan fingerprint density at radius 1 is 1.00 bits per heavy atom. The van der Waals surface area contributed by atoms with Crippen molar-refractivity contribution in [3.8, 4) is 0 Å². The highest BCUT2D eigenvalue weighted by atomic mass is 32.2. The Bertz CT molecular complexity index is 1090. The number of rotatable bonds is 7. The summed E-state index contributed by atoms with van der Waals surface area (Å²) in [6.45, 7) is 2.54. The Hall–Kier alpha value is -3.16. The first kappa shape index (κ1) is 21.1. The number of benzene rings is 3. The maximum absolute atomic E-state index is 11.7. The molecule has 0 fully saturated rings. The van der Waals surface area contributed by atoms with E-state index < -0.39 is 17.1 Å². The molecule has 3 aromatic rings. The second-order valence-corrected chi connectivity index (χ2v) is 9.73. The standard InChI is InChI=1S/C24H27N5OS/c1-18-8-6-12-21(14-18)31(20-10-4-3-5-11-20)17-22-19(15-25)9-7-13-23(22)29-24(16-30)28(2)26-27-29/h3-14,16,24,31H,15,17,25H2,1-2H3. The number of hydrogen-bond donors (Lipinski definition) is 2. The summed E-state index contributed by atoms with van der Waals surface area (Å²) in [5.41, 5.74) is 10.4. The molecule has 0 bridgehead atoms. The van der Waals surface area contributed by atoms with Crippen molar-refractivity contribution in [1.82, 2.24) is 5.01 Å². The fraction of sp³-hybridized carbons (Fsp3) is 0.208. The second-order valence-electron chi connectivity index (χ2n) is 7.53. The van der Waals surface area contributed by atoms with E-state index in [0.29, 0.717) is 6.54 Å². The van der Waals surface area contributed by atoms with Gasteiger partial charge in [-0.15, -0.1) is 0 Å². The van der Waals surface area contributed by atoms with Gasteiger partial charge in [0.25, 0.3) is 0 Å². The third kappa shape index (κ3) is 4.33. The summed E-state index contributed by atoms with van der Waals surface area (Å²) in [6, 6.07) is 25.3. The highest BCUT2D eigenvalue weighted by molar-refractivity contribution is 8.16. The van der Waals surface area contributed by atoms with Crippen LogP contribution in [-0.4, -0.2) is 24.5 Å². The first-order valence-corrected chi connectivity index (χ1v) is 11.7. The van der Waals surface area contributed by atoms with Gasteiger partial charge < -0.3 is 5.73 Å². The molecule has 160 valence electrons. The van der Waals surface area contributed by atoms with Crippen LogP contribution in [0.15, 0.2) is 93.0 Å². The Morgan fingerprint density at radius 3 is 2.45 bits per heavy atom. The summed E-state index contributed by atoms with van der Waals surface area (Å²) < 4.78 is 0. The monoisotopic (exact) mass is 433 g/mol. The lowest BCUT2D eigenvalue weighted by Crippen LogP contribution is -2.38. The molecule has 3 aromatic carbocycles. The van der Waals surface area contributed by atoms with Crippen LogP contribution in [0.25, 0.3) is 0 Å². The van der Waals surface area contributed by atoms with Gasteiger partial charge in [0.1, 0.15) is 0 Å². The van der Waals surface area contributed by atoms with E-state index in [1.807, 2.05) is 18.2 Å². The molecule has 2 unspecified atom stereocenters. The van der Waals surface area contributed by atoms with Gasteiger partial charge in [0.15, 0.2) is 12.5 Å². The number of thiol groups is 1. The predicted octanol–water partition coefficient (Wildman–Crippen LogP) is 4.63. The molecule has 2 atom stereocenters. The third-order valence-corrected chi connectivity index (χ3v) is 7.90. The quantitative estimate of drug-likeness (QED) is 0.421. The van der Waals surface area contributed by atoms with E-state index in [1.165, 1.54) is 15.4 Å². The second kappa shape index (κ2) is 9.32. The van der Waals surface area contributed by atoms with E-state index in [4.69, 9.17) is 5.73 Å². The SMILES string of the molecule is Cc1cccc([SH](Cc2c(CN)cccc2N2N=NN(C)C2C=O)c2ccccc2)c1. The van der Waals surface area contributed by atoms with Crippen LogP contribution in [0, 0.1) is 6.92 Å². The minimum atomic E-state index is -0.682. The van der Waals surface area contributed by atoms with Gasteiger partial charge in [-0.2, -0.15) is 10.9 Å². The number of aldehydes is 1. The van der Waals surface area contributed by atoms with Gasteiger partial charge in [-0.3, -0.25) is 4.79 Å². The number of aryl methyl sites for hydroxylation is 1. The summed E-state index contributed by atoms with van der Waals surface area (Å²) in [5.74, 6) is 0.798. The number of likely N-dealkylation sites (N-methyl/N-ethyl adjacent to an activating group) is 1. The molecule has 0 amide bonds. The molecule has 1 heterocycles. The van der Waals surface area contributed by atoms with Gasteiger partial charge in [-0.05, 0) is 63.4 Å². The number of carbonyl (C=O) groups is 1. The van der Waals surface area contributed by atoms with Gasteiger partial charge >= 0.3 is 0 Å². The molecular formula is C24H27N5OS. The molecule has 2 N–H and O–H groups in total. The molecule has 0 saturated heterocycles. The summed E-state index contributed by atoms with van der Waals surface area (Å²) >= 11 is 0. The number of nitrogens with two attached hydrogens (primary N) is 1. The first-order valence-electron chi connectivity index (χ1n) is 10.2. The van der Waals surface area contributed by atoms with E-state index in [-0.39, 0.29) is 0 Å². The topological polar surface area (TPSA) is 74.3 Å². The van der Waals surface area contributed by atoms with E-state index >= 15 is 0 Å². The molecule has 7 heteroatoms. The minimum absolute atomic E-state index is 0.418. The maximum atomic E-state index is 11.7. The van der Waals surface area contributed by atoms with Crippen LogP contribution in [0.4, 0.5) is 5.69 Å². The predicted molar refractivity (Wildman–Crippen MR) is 126 cm³/mol. The summed E-state index contributed by atoms with van der Waals surface area (Å²) in [6.07, 6.45) is 0.299. The molecule has 0 saturated carbocycles. The van der Waals surface area contributed by atoms with Crippen molar-refractivity contribution in [2.24, 2.45) is 16.2 Å². The molecule has 31 heavy (non-hydrogen) atoms. The number of carbonyl (C=O) groups excluding carboxylic acids is 1. The summed E-state index contributed by atoms with van der Waals surface area (Å²) in [5, 5.41) is 11.6. The van der Waals surface area contributed by atoms with Gasteiger partial charge in [-0.1, -0.05) is 53.3 Å². The van der Waals surface area contributed by atoms with Crippen molar-refractivity contribution in [2.45, 2.75) is 35.2 Å². The van der Waals surface area contributed by atoms with Gasteiger partial charge in [-0.25, -0.2) is 10.0 Å². The van der Waals surface area contributed by atoms with E-state index in [0.717, 1.165) is 28.9 Å². The average Bonchev–Trinajstić information content (AvgIpc) is 3.18. The molecule has 6 nitrogen and oxygen atoms in total. The Balaban J connectivity index is 1.82. The molecule has 0 radical (unpaired) electrons. The maximum Gasteiger partial charge on any atom is 0.197 e. The van der Waals surface area contributed by atoms with Crippen molar-refractivity contribution in [3.05, 3.63) is 89.5 Å². The van der Waals surface area contributed by atoms with E-state index in [2.05, 4.69) is 72.0 Å². The lowest BCUT2D eigenvalue weighted by Gasteiger charge is -2.29. The number of hydrogen-bond acceptors (Lipinski definition) is 6. The number of nitrogens with zero attached hydrogens (tertiary/aromatic N) is 4. The Labute approximate surface area is 185 Å². The normalized spacial score (nSPS) is 17.1. The van der Waals surface area contributed by atoms with Crippen LogP contribution in [0.1, 0.15) is 16.7 Å². The molecule has 0 aromatic heterocycles. The van der Waals surface area contributed by atoms with Crippen molar-refractivity contribution in [3.63, 3.8) is 0 Å². The van der Waals surface area contributed by atoms with Crippen molar-refractivity contribution in [1.29, 1.82) is 0 Å². The molecule has 0 aliphatic carbocycles. The highest BCUT2D eigenvalue weighted by Gasteiger charge is 2.30. The third-order valence-electron chi connectivity index (χ3n) is 5.45. The smallest absolute Gasteiger partial charge is 0.197 e. The van der Waals surface area contributed by atoms with Crippen LogP contribution in [0.3, 0.4) is 0 Å². The minimum Gasteiger partial charge on any atom is -0.326 e. The van der Waals surface area contributed by atoms with Crippen LogP contribution in [-0.2, 0) is 17.1 Å². The molecule has 4 rings (SSSR count). The van der Waals surface area contributed by atoms with Crippen LogP contribution < -0.4 is 10.7 Å². The van der Waals surface area contributed by atoms with Crippen molar-refractivity contribution >= 4 is 22.9 Å². The average molecular weight is 434 g/mol. The molecule has 1 aliphatic heterocycles. The van der Waals surface area contributed by atoms with Crippen LogP contribution in [0.2, 0.25) is 0 Å². The fourth-order valence-electron chi connectivity index (χ4n) is 3.81. The summed E-state index contributed by atoms with van der Waals surface area (Å²) in [4.78, 5) is 14.4. The number of anilines is 1. The van der Waals surface area contributed by atoms with Crippen LogP contribution in [0.5, 0.6) is 0 Å². The van der Waals surface area contributed by atoms with Crippen LogP contribution >= 0.6 is 10.9 Å². The fourth-order valence-corrected chi connectivity index (χ4v) is 6.31. The van der Waals surface area contributed by atoms with Gasteiger partial charge in [0.2, 0.25) is 0 Å². The van der Waals surface area contributed by atoms with Crippen molar-refractivity contribution in [2.75, 3.05) is 12.1 Å². The first-order chi connectivity index (χ1) is 15.1. The molecular weight excluding hydrogens is 406 g/mol. The highest BCUT2D eigenvalue weighted by Crippen LogP contribution is 2.49. The lowest BCUT2D eigenvalue weighted by molar-refractivity contribution is -0.111. The zero-order chi connectivity index (χ0) is 21.8. The Kier molecular flexibility index (Phi) is 6.34. The Morgan fingerprint density at radius 2 is 1.74 bits per heavy atom. The summed E-state index contributed by atoms with van der Waals surface area (Å²) in [7, 11) is 1.07. The zero-order valence-corrected chi connectivity index (χ0v) is 18.6. The van der Waals surface area contributed by atoms with Gasteiger partial charge in [0, 0.05) is 19.3 Å². The van der Waals surface area contributed by atoms with Crippen molar-refractivity contribution < 1.29 is 4.79 Å². The molecule has 0 spiro atoms. The lowest BCUT2D eigenvalue weighted by atomic mass is 10.1. The van der Waals surface area contributed by atoms with E-state index in [9.17, 15) is 4.79 Å².